The molecule has 0 amide bonds. The van der Waals surface area contributed by atoms with Crippen LogP contribution >= 0.6 is 11.3 Å². The predicted molar refractivity (Wildman–Crippen MR) is 105 cm³/mol. The van der Waals surface area contributed by atoms with Crippen LogP contribution in [0, 0.1) is 20.8 Å². The van der Waals surface area contributed by atoms with Gasteiger partial charge >= 0.3 is 17.8 Å². The molecule has 1 aliphatic rings. The first-order valence-electron chi connectivity index (χ1n) is 9.11. The summed E-state index contributed by atoms with van der Waals surface area (Å²) in [5, 5.41) is 0. The molecule has 1 aromatic carbocycles. The van der Waals surface area contributed by atoms with Gasteiger partial charge in [0.25, 0.3) is 0 Å². The highest BCUT2D eigenvalue weighted by atomic mass is 32.1. The maximum absolute atomic E-state index is 15.0. The van der Waals surface area contributed by atoms with E-state index in [0.29, 0.717) is 10.4 Å². The van der Waals surface area contributed by atoms with Gasteiger partial charge in [-0.05, 0) is 54.5 Å². The van der Waals surface area contributed by atoms with Crippen LogP contribution in [0.4, 0.5) is 26.3 Å². The molecule has 0 spiro atoms. The lowest BCUT2D eigenvalue weighted by atomic mass is 9.83. The maximum atomic E-state index is 15.0. The average Bonchev–Trinajstić information content (AvgIpc) is 2.93. The first-order valence-corrected chi connectivity index (χ1v) is 9.92. The van der Waals surface area contributed by atoms with Gasteiger partial charge in [-0.2, -0.15) is 26.3 Å². The highest BCUT2D eigenvalue weighted by Gasteiger charge is 2.80. The third-order valence-electron chi connectivity index (χ3n) is 5.31. The standard InChI is InChI=1S/C22H22F6S/c1-11-7-8-14(19(4,5)6)10-15(11)16-17(18-12(2)9-13(3)29-18)21(25,26)22(27,28)20(16,23)24/h7-10H,1-6H3. The zero-order valence-electron chi connectivity index (χ0n) is 17.0. The molecule has 0 nitrogen and oxygen atoms in total. The van der Waals surface area contributed by atoms with Gasteiger partial charge in [0.1, 0.15) is 0 Å². The van der Waals surface area contributed by atoms with Crippen LogP contribution in [-0.4, -0.2) is 17.8 Å². The molecule has 0 aliphatic heterocycles. The van der Waals surface area contributed by atoms with Crippen LogP contribution in [0.15, 0.2) is 24.3 Å². The van der Waals surface area contributed by atoms with Crippen LogP contribution in [0.3, 0.4) is 0 Å². The number of hydrogen-bond donors (Lipinski definition) is 0. The zero-order valence-corrected chi connectivity index (χ0v) is 17.8. The van der Waals surface area contributed by atoms with Crippen LogP contribution in [0.5, 0.6) is 0 Å². The molecule has 1 aromatic heterocycles. The van der Waals surface area contributed by atoms with Crippen molar-refractivity contribution in [2.45, 2.75) is 64.7 Å². The number of benzene rings is 1. The van der Waals surface area contributed by atoms with E-state index in [1.807, 2.05) is 20.8 Å². The monoisotopic (exact) mass is 432 g/mol. The minimum atomic E-state index is -5.53. The van der Waals surface area contributed by atoms with Gasteiger partial charge in [0, 0.05) is 15.3 Å². The highest BCUT2D eigenvalue weighted by Crippen LogP contribution is 2.65. The zero-order chi connectivity index (χ0) is 22.2. The number of thiophene rings is 1. The number of rotatable bonds is 2. The van der Waals surface area contributed by atoms with Crippen LogP contribution in [-0.2, 0) is 5.41 Å². The van der Waals surface area contributed by atoms with Crippen molar-refractivity contribution in [2.24, 2.45) is 0 Å². The number of aryl methyl sites for hydroxylation is 3. The van der Waals surface area contributed by atoms with Crippen molar-refractivity contribution in [1.29, 1.82) is 0 Å². The van der Waals surface area contributed by atoms with Crippen molar-refractivity contribution in [3.8, 4) is 0 Å². The fraction of sp³-hybridized carbons (Fsp3) is 0.455. The second-order valence-corrected chi connectivity index (χ2v) is 9.88. The van der Waals surface area contributed by atoms with Crippen molar-refractivity contribution in [3.05, 3.63) is 56.3 Å². The van der Waals surface area contributed by atoms with Crippen molar-refractivity contribution in [3.63, 3.8) is 0 Å². The van der Waals surface area contributed by atoms with Gasteiger partial charge in [0.15, 0.2) is 0 Å². The van der Waals surface area contributed by atoms with E-state index in [1.54, 1.807) is 13.0 Å². The summed E-state index contributed by atoms with van der Waals surface area (Å²) in [6, 6.07) is 6.08. The van der Waals surface area contributed by atoms with Gasteiger partial charge in [-0.1, -0.05) is 39.0 Å². The van der Waals surface area contributed by atoms with E-state index < -0.39 is 34.3 Å². The summed E-state index contributed by atoms with van der Waals surface area (Å²) < 4.78 is 88.6. The van der Waals surface area contributed by atoms with Gasteiger partial charge in [-0.15, -0.1) is 11.3 Å². The Kier molecular flexibility index (Phi) is 4.82. The summed E-state index contributed by atoms with van der Waals surface area (Å²) in [6.07, 6.45) is 0. The summed E-state index contributed by atoms with van der Waals surface area (Å²) >= 11 is 0.825. The van der Waals surface area contributed by atoms with Gasteiger partial charge in [0.2, 0.25) is 0 Å². The summed E-state index contributed by atoms with van der Waals surface area (Å²) in [6.45, 7) is 10.0. The molecule has 0 saturated heterocycles. The topological polar surface area (TPSA) is 0 Å². The third-order valence-corrected chi connectivity index (χ3v) is 6.48. The molecule has 0 N–H and O–H groups in total. The lowest BCUT2D eigenvalue weighted by molar-refractivity contribution is -0.254. The molecule has 158 valence electrons. The summed E-state index contributed by atoms with van der Waals surface area (Å²) in [5.41, 5.74) is -2.17. The minimum Gasteiger partial charge on any atom is -0.194 e. The molecule has 1 aliphatic carbocycles. The van der Waals surface area contributed by atoms with Gasteiger partial charge in [0.05, 0.1) is 5.57 Å². The molecular weight excluding hydrogens is 410 g/mol. The molecular formula is C22H22F6S. The highest BCUT2D eigenvalue weighted by molar-refractivity contribution is 7.13. The van der Waals surface area contributed by atoms with Crippen LogP contribution in [0.2, 0.25) is 0 Å². The summed E-state index contributed by atoms with van der Waals surface area (Å²) in [5.74, 6) is -15.5. The number of alkyl halides is 6. The lowest BCUT2D eigenvalue weighted by Crippen LogP contribution is -2.48. The number of halogens is 6. The van der Waals surface area contributed by atoms with Gasteiger partial charge in [-0.3, -0.25) is 0 Å². The first kappa shape index (κ1) is 21.9. The largest absolute Gasteiger partial charge is 0.380 e. The molecule has 0 unspecified atom stereocenters. The lowest BCUT2D eigenvalue weighted by Gasteiger charge is -2.26. The van der Waals surface area contributed by atoms with E-state index >= 15 is 0 Å². The molecule has 0 bridgehead atoms. The van der Waals surface area contributed by atoms with E-state index in [-0.39, 0.29) is 21.6 Å². The fourth-order valence-corrected chi connectivity index (χ4v) is 4.74. The Morgan fingerprint density at radius 3 is 1.79 bits per heavy atom. The quantitative estimate of drug-likeness (QED) is 0.425. The van der Waals surface area contributed by atoms with Crippen LogP contribution < -0.4 is 0 Å². The van der Waals surface area contributed by atoms with E-state index in [2.05, 4.69) is 0 Å². The third kappa shape index (κ3) is 3.04. The molecule has 0 radical (unpaired) electrons. The molecule has 1 heterocycles. The van der Waals surface area contributed by atoms with Crippen molar-refractivity contribution in [2.75, 3.05) is 0 Å². The van der Waals surface area contributed by atoms with E-state index in [1.165, 1.54) is 32.0 Å². The van der Waals surface area contributed by atoms with E-state index in [0.717, 1.165) is 11.3 Å². The summed E-state index contributed by atoms with van der Waals surface area (Å²) in [4.78, 5) is 0.360. The Balaban J connectivity index is 2.47. The Hall–Kier alpha value is -1.76. The molecule has 7 heteroatoms. The van der Waals surface area contributed by atoms with Gasteiger partial charge < -0.3 is 0 Å². The molecule has 2 aromatic rings. The molecule has 29 heavy (non-hydrogen) atoms. The fourth-order valence-electron chi connectivity index (χ4n) is 3.63. The summed E-state index contributed by atoms with van der Waals surface area (Å²) in [7, 11) is 0. The number of allylic oxidation sites excluding steroid dienone is 2. The maximum Gasteiger partial charge on any atom is 0.380 e. The van der Waals surface area contributed by atoms with Crippen LogP contribution in [0.25, 0.3) is 11.1 Å². The van der Waals surface area contributed by atoms with Crippen LogP contribution in [0.1, 0.15) is 52.8 Å². The first-order chi connectivity index (χ1) is 13.0. The Labute approximate surface area is 170 Å². The molecule has 0 atom stereocenters. The average molecular weight is 432 g/mol. The molecule has 3 rings (SSSR count). The minimum absolute atomic E-state index is 0.222. The van der Waals surface area contributed by atoms with Crippen molar-refractivity contribution < 1.29 is 26.3 Å². The second-order valence-electron chi connectivity index (χ2n) is 8.62. The Bertz CT molecular complexity index is 1000. The van der Waals surface area contributed by atoms with E-state index in [4.69, 9.17) is 0 Å². The smallest absolute Gasteiger partial charge is 0.194 e. The van der Waals surface area contributed by atoms with E-state index in [9.17, 15) is 26.3 Å². The normalized spacial score (nSPS) is 20.4. The predicted octanol–water partition coefficient (Wildman–Crippen LogP) is 7.80. The van der Waals surface area contributed by atoms with Gasteiger partial charge in [-0.25, -0.2) is 0 Å². The van der Waals surface area contributed by atoms with Crippen molar-refractivity contribution in [1.82, 2.24) is 0 Å². The molecule has 0 fully saturated rings. The molecule has 0 saturated carbocycles. The SMILES string of the molecule is Cc1cc(C)c(C2=C(c3cc(C(C)(C)C)ccc3C)C(F)(F)C(F)(F)C2(F)F)s1. The Morgan fingerprint density at radius 2 is 1.31 bits per heavy atom. The Morgan fingerprint density at radius 1 is 0.759 bits per heavy atom. The number of hydrogen-bond acceptors (Lipinski definition) is 1. The van der Waals surface area contributed by atoms with Crippen molar-refractivity contribution >= 4 is 22.5 Å². The second kappa shape index (κ2) is 6.37.